The third-order valence-electron chi connectivity index (χ3n) is 9.26. The fourth-order valence-corrected chi connectivity index (χ4v) is 9.80. The maximum atomic E-state index is 13.2. The van der Waals surface area contributed by atoms with E-state index in [1.807, 2.05) is 28.8 Å². The van der Waals surface area contributed by atoms with Gasteiger partial charge in [0.25, 0.3) is 0 Å². The predicted molar refractivity (Wildman–Crippen MR) is 146 cm³/mol. The lowest BCUT2D eigenvalue weighted by Crippen LogP contribution is -2.63. The number of hydrogen-bond acceptors (Lipinski definition) is 4. The molecule has 1 unspecified atom stereocenters. The molecule has 1 atom stereocenters. The molecule has 1 aromatic carbocycles. The van der Waals surface area contributed by atoms with Crippen LogP contribution < -0.4 is 16.0 Å². The molecule has 6 fully saturated rings. The van der Waals surface area contributed by atoms with Gasteiger partial charge < -0.3 is 15.5 Å². The van der Waals surface area contributed by atoms with Crippen molar-refractivity contribution in [2.75, 3.05) is 25.4 Å². The first-order chi connectivity index (χ1) is 17.3. The van der Waals surface area contributed by atoms with Crippen LogP contribution in [-0.4, -0.2) is 58.7 Å². The summed E-state index contributed by atoms with van der Waals surface area (Å²) in [7, 11) is 0. The molecule has 4 bridgehead atoms. The molecule has 1 spiro atoms. The van der Waals surface area contributed by atoms with E-state index in [1.165, 1.54) is 38.5 Å². The van der Waals surface area contributed by atoms with Gasteiger partial charge in [-0.1, -0.05) is 29.3 Å². The van der Waals surface area contributed by atoms with Crippen molar-refractivity contribution in [1.82, 2.24) is 20.9 Å². The van der Waals surface area contributed by atoms with Gasteiger partial charge in [-0.25, -0.2) is 4.79 Å². The monoisotopic (exact) mass is 550 g/mol. The third-order valence-corrected chi connectivity index (χ3v) is 11.4. The zero-order valence-electron chi connectivity index (χ0n) is 20.7. The van der Waals surface area contributed by atoms with Crippen LogP contribution in [0.25, 0.3) is 0 Å². The highest BCUT2D eigenvalue weighted by molar-refractivity contribution is 8.01. The number of piperidine rings is 1. The summed E-state index contributed by atoms with van der Waals surface area (Å²) in [6.07, 6.45) is 10.1. The molecule has 7 rings (SSSR count). The molecular weight excluding hydrogens is 515 g/mol. The zero-order valence-corrected chi connectivity index (χ0v) is 23.0. The molecule has 9 heteroatoms. The summed E-state index contributed by atoms with van der Waals surface area (Å²) in [6.45, 7) is 2.01. The Labute approximate surface area is 228 Å². The maximum absolute atomic E-state index is 13.2. The first-order valence-corrected chi connectivity index (χ1v) is 15.2. The number of likely N-dealkylation sites (tertiary alicyclic amines) is 1. The molecule has 2 aliphatic heterocycles. The zero-order chi connectivity index (χ0) is 24.9. The van der Waals surface area contributed by atoms with Gasteiger partial charge in [-0.05, 0) is 93.2 Å². The Kier molecular flexibility index (Phi) is 6.89. The van der Waals surface area contributed by atoms with E-state index >= 15 is 0 Å². The SMILES string of the molecule is O=C(NCCc1ccc(Cl)cc1Cl)C1CSC2(CCN(C(=O)NC34CC5CC(CC(C5)C3)C4)CC2)N1. The lowest BCUT2D eigenvalue weighted by molar-refractivity contribution is -0.122. The van der Waals surface area contributed by atoms with Gasteiger partial charge in [0.05, 0.1) is 10.9 Å². The Morgan fingerprint density at radius 3 is 2.36 bits per heavy atom. The second-order valence-electron chi connectivity index (χ2n) is 11.9. The minimum atomic E-state index is -0.205. The van der Waals surface area contributed by atoms with E-state index in [1.54, 1.807) is 6.07 Å². The number of nitrogens with zero attached hydrogens (tertiary/aromatic N) is 1. The highest BCUT2D eigenvalue weighted by atomic mass is 35.5. The number of amides is 3. The van der Waals surface area contributed by atoms with Crippen LogP contribution in [0.5, 0.6) is 0 Å². The average molecular weight is 552 g/mol. The highest BCUT2D eigenvalue weighted by Crippen LogP contribution is 2.55. The number of rotatable bonds is 5. The minimum absolute atomic E-state index is 0.0337. The van der Waals surface area contributed by atoms with E-state index < -0.39 is 0 Å². The van der Waals surface area contributed by atoms with E-state index in [2.05, 4.69) is 16.0 Å². The van der Waals surface area contributed by atoms with Gasteiger partial charge in [-0.15, -0.1) is 11.8 Å². The summed E-state index contributed by atoms with van der Waals surface area (Å²) in [4.78, 5) is 27.9. The van der Waals surface area contributed by atoms with Gasteiger partial charge in [0.2, 0.25) is 5.91 Å². The van der Waals surface area contributed by atoms with Crippen LogP contribution in [0, 0.1) is 17.8 Å². The standard InChI is InChI=1S/C27H36Cl2N4O2S/c28-21-2-1-20(22(29)12-21)3-6-30-24(34)23-16-36-27(31-23)4-7-33(8-5-27)25(35)32-26-13-17-9-18(14-26)11-19(10-17)15-26/h1-2,12,17-19,23,31H,3-11,13-16H2,(H,30,34)(H,32,35). The van der Waals surface area contributed by atoms with Gasteiger partial charge >= 0.3 is 6.03 Å². The van der Waals surface area contributed by atoms with Crippen LogP contribution in [-0.2, 0) is 11.2 Å². The van der Waals surface area contributed by atoms with Crippen molar-refractivity contribution in [3.63, 3.8) is 0 Å². The number of nitrogens with one attached hydrogen (secondary N) is 3. The Hall–Kier alpha value is -1.15. The van der Waals surface area contributed by atoms with Crippen LogP contribution in [0.15, 0.2) is 18.2 Å². The van der Waals surface area contributed by atoms with E-state index in [0.29, 0.717) is 23.0 Å². The number of hydrogen-bond donors (Lipinski definition) is 3. The quantitative estimate of drug-likeness (QED) is 0.491. The summed E-state index contributed by atoms with van der Waals surface area (Å²) in [5, 5.41) is 11.4. The smallest absolute Gasteiger partial charge is 0.317 e. The average Bonchev–Trinajstić information content (AvgIpc) is 3.23. The van der Waals surface area contributed by atoms with Crippen molar-refractivity contribution in [2.45, 2.75) is 74.2 Å². The van der Waals surface area contributed by atoms with Crippen molar-refractivity contribution in [1.29, 1.82) is 0 Å². The largest absolute Gasteiger partial charge is 0.354 e. The van der Waals surface area contributed by atoms with Gasteiger partial charge in [0, 0.05) is 41.0 Å². The van der Waals surface area contributed by atoms with Gasteiger partial charge in [0.1, 0.15) is 0 Å². The molecule has 196 valence electrons. The van der Waals surface area contributed by atoms with Crippen LogP contribution in [0.2, 0.25) is 10.0 Å². The molecule has 6 aliphatic rings. The topological polar surface area (TPSA) is 73.5 Å². The first-order valence-electron chi connectivity index (χ1n) is 13.5. The summed E-state index contributed by atoms with van der Waals surface area (Å²) < 4.78 is 0. The summed E-state index contributed by atoms with van der Waals surface area (Å²) in [6, 6.07) is 5.38. The van der Waals surface area contributed by atoms with Crippen molar-refractivity contribution in [2.24, 2.45) is 17.8 Å². The van der Waals surface area contributed by atoms with Crippen molar-refractivity contribution in [3.05, 3.63) is 33.8 Å². The second kappa shape index (κ2) is 9.87. The number of carbonyl (C=O) groups excluding carboxylic acids is 2. The Bertz CT molecular complexity index is 994. The lowest BCUT2D eigenvalue weighted by atomic mass is 9.53. The van der Waals surface area contributed by atoms with Crippen LogP contribution in [0.3, 0.4) is 0 Å². The number of benzene rings is 1. The third kappa shape index (κ3) is 5.10. The molecule has 0 aromatic heterocycles. The minimum Gasteiger partial charge on any atom is -0.354 e. The summed E-state index contributed by atoms with van der Waals surface area (Å²) in [5.74, 6) is 3.27. The first kappa shape index (κ1) is 25.1. The summed E-state index contributed by atoms with van der Waals surface area (Å²) in [5.41, 5.74) is 1.03. The van der Waals surface area contributed by atoms with Crippen molar-refractivity contribution in [3.8, 4) is 0 Å². The second-order valence-corrected chi connectivity index (χ2v) is 14.1. The Morgan fingerprint density at radius 2 is 1.72 bits per heavy atom. The highest BCUT2D eigenvalue weighted by Gasteiger charge is 2.52. The molecular formula is C27H36Cl2N4O2S. The van der Waals surface area contributed by atoms with Crippen LogP contribution in [0.1, 0.15) is 56.9 Å². The van der Waals surface area contributed by atoms with Gasteiger partial charge in [-0.2, -0.15) is 0 Å². The molecule has 0 radical (unpaired) electrons. The van der Waals surface area contributed by atoms with E-state index in [9.17, 15) is 9.59 Å². The fourth-order valence-electron chi connectivity index (χ4n) is 7.88. The molecule has 3 N–H and O–H groups in total. The molecule has 3 amide bonds. The lowest BCUT2D eigenvalue weighted by Gasteiger charge is -2.57. The molecule has 36 heavy (non-hydrogen) atoms. The number of thioether (sulfide) groups is 1. The normalized spacial score (nSPS) is 34.2. The number of urea groups is 1. The molecule has 6 nitrogen and oxygen atoms in total. The van der Waals surface area contributed by atoms with Gasteiger partial charge in [0.15, 0.2) is 0 Å². The van der Waals surface area contributed by atoms with E-state index in [4.69, 9.17) is 23.2 Å². The predicted octanol–water partition coefficient (Wildman–Crippen LogP) is 4.83. The number of halogens is 2. The van der Waals surface area contributed by atoms with Crippen molar-refractivity contribution >= 4 is 46.9 Å². The number of carbonyl (C=O) groups is 2. The summed E-state index contributed by atoms with van der Waals surface area (Å²) >= 11 is 14.1. The van der Waals surface area contributed by atoms with Gasteiger partial charge in [-0.3, -0.25) is 10.1 Å². The Balaban J connectivity index is 0.962. The van der Waals surface area contributed by atoms with E-state index in [-0.39, 0.29) is 28.4 Å². The van der Waals surface area contributed by atoms with E-state index in [0.717, 1.165) is 55.0 Å². The molecule has 2 heterocycles. The molecule has 4 saturated carbocycles. The van der Waals surface area contributed by atoms with Crippen LogP contribution in [0.4, 0.5) is 4.79 Å². The fraction of sp³-hybridized carbons (Fsp3) is 0.704. The maximum Gasteiger partial charge on any atom is 0.317 e. The molecule has 1 aromatic rings. The van der Waals surface area contributed by atoms with Crippen molar-refractivity contribution < 1.29 is 9.59 Å². The molecule has 2 saturated heterocycles. The Morgan fingerprint density at radius 1 is 1.06 bits per heavy atom. The van der Waals surface area contributed by atoms with Crippen LogP contribution >= 0.6 is 35.0 Å². The molecule has 4 aliphatic carbocycles.